The Morgan fingerprint density at radius 3 is 2.47 bits per heavy atom. The maximum atomic E-state index is 12.1. The Morgan fingerprint density at radius 2 is 1.93 bits per heavy atom. The molecular weight excluding hydrogens is 192 g/mol. The molecule has 0 saturated heterocycles. The minimum absolute atomic E-state index is 0.175. The first-order valence-electron chi connectivity index (χ1n) is 5.17. The highest BCUT2D eigenvalue weighted by atomic mass is 16.2. The molecule has 2 atom stereocenters. The second-order valence-corrected chi connectivity index (χ2v) is 5.29. The summed E-state index contributed by atoms with van der Waals surface area (Å²) in [6, 6.07) is 0. The molecule has 0 radical (unpaired) electrons. The topological polar surface area (TPSA) is 70.5 Å². The van der Waals surface area contributed by atoms with E-state index in [9.17, 15) is 9.59 Å². The summed E-state index contributed by atoms with van der Waals surface area (Å²) in [6.45, 7) is 5.77. The number of Topliss-reactive ketones (excluding diaryl/α,β-unsaturated/α-hetero) is 2. The molecule has 0 aromatic heterocycles. The molecule has 0 heterocycles. The van der Waals surface area contributed by atoms with Gasteiger partial charge < -0.3 is 5.53 Å². The van der Waals surface area contributed by atoms with Gasteiger partial charge >= 0.3 is 5.71 Å². The average Bonchev–Trinajstić information content (AvgIpc) is 2.33. The summed E-state index contributed by atoms with van der Waals surface area (Å²) in [6.07, 6.45) is 1.42. The maximum Gasteiger partial charge on any atom is 0.401 e. The zero-order valence-corrected chi connectivity index (χ0v) is 9.20. The van der Waals surface area contributed by atoms with Crippen LogP contribution >= 0.6 is 0 Å². The van der Waals surface area contributed by atoms with Crippen molar-refractivity contribution >= 4 is 17.3 Å². The monoisotopic (exact) mass is 206 g/mol. The average molecular weight is 206 g/mol. The summed E-state index contributed by atoms with van der Waals surface area (Å²) in [4.78, 5) is 26.8. The minimum atomic E-state index is -0.548. The van der Waals surface area contributed by atoms with Crippen molar-refractivity contribution in [3.63, 3.8) is 0 Å². The number of hydrogen-bond donors (Lipinski definition) is 0. The molecule has 0 amide bonds. The third-order valence-corrected chi connectivity index (χ3v) is 4.59. The van der Waals surface area contributed by atoms with Crippen molar-refractivity contribution in [3.05, 3.63) is 5.53 Å². The summed E-state index contributed by atoms with van der Waals surface area (Å²) >= 11 is 0. The molecule has 2 aliphatic carbocycles. The van der Waals surface area contributed by atoms with Crippen LogP contribution in [0, 0.1) is 16.7 Å². The Balaban J connectivity index is 2.66. The van der Waals surface area contributed by atoms with E-state index in [1.54, 1.807) is 0 Å². The van der Waals surface area contributed by atoms with Gasteiger partial charge in [0, 0.05) is 11.3 Å². The number of nitrogens with zero attached hydrogens (tertiary/aromatic N) is 2. The predicted octanol–water partition coefficient (Wildman–Crippen LogP) is 1.25. The highest BCUT2D eigenvalue weighted by Gasteiger charge is 2.67. The maximum absolute atomic E-state index is 12.1. The molecule has 0 N–H and O–H groups in total. The molecule has 0 aliphatic heterocycles. The molecule has 4 heteroatoms. The van der Waals surface area contributed by atoms with Gasteiger partial charge in [-0.05, 0) is 18.3 Å². The van der Waals surface area contributed by atoms with Crippen molar-refractivity contribution in [1.82, 2.24) is 0 Å². The normalized spacial score (nSPS) is 38.1. The number of hydrogen-bond acceptors (Lipinski definition) is 2. The fraction of sp³-hybridized carbons (Fsp3) is 0.727. The highest BCUT2D eigenvalue weighted by molar-refractivity contribution is 6.66. The first kappa shape index (κ1) is 10.2. The molecule has 0 spiro atoms. The molecule has 80 valence electrons. The third kappa shape index (κ3) is 0.927. The second kappa shape index (κ2) is 2.64. The number of rotatable bonds is 0. The lowest BCUT2D eigenvalue weighted by atomic mass is 9.57. The molecule has 2 bridgehead atoms. The van der Waals surface area contributed by atoms with Gasteiger partial charge in [0.05, 0.1) is 0 Å². The summed E-state index contributed by atoms with van der Waals surface area (Å²) in [5.74, 6) is -0.762. The molecule has 15 heavy (non-hydrogen) atoms. The van der Waals surface area contributed by atoms with Gasteiger partial charge in [-0.2, -0.15) is 4.79 Å². The minimum Gasteiger partial charge on any atom is -0.360 e. The van der Waals surface area contributed by atoms with E-state index in [4.69, 9.17) is 5.53 Å². The second-order valence-electron chi connectivity index (χ2n) is 5.29. The Morgan fingerprint density at radius 1 is 1.33 bits per heavy atom. The summed E-state index contributed by atoms with van der Waals surface area (Å²) in [5.41, 5.74) is 7.60. The lowest BCUT2D eigenvalue weighted by Gasteiger charge is -2.41. The van der Waals surface area contributed by atoms with Crippen LogP contribution in [0.3, 0.4) is 0 Å². The molecule has 0 aromatic carbocycles. The SMILES string of the molecule is CC12CCC(C(=O)C(=[N+]=[N-])C1=O)C2(C)C. The van der Waals surface area contributed by atoms with Crippen LogP contribution in [0.15, 0.2) is 0 Å². The molecule has 2 unspecified atom stereocenters. The van der Waals surface area contributed by atoms with Gasteiger partial charge in [-0.15, -0.1) is 0 Å². The Bertz CT molecular complexity index is 418. The van der Waals surface area contributed by atoms with Crippen LogP contribution in [0.4, 0.5) is 0 Å². The van der Waals surface area contributed by atoms with Gasteiger partial charge in [0.15, 0.2) is 0 Å². The van der Waals surface area contributed by atoms with Crippen molar-refractivity contribution < 1.29 is 14.4 Å². The van der Waals surface area contributed by atoms with E-state index in [0.717, 1.165) is 0 Å². The van der Waals surface area contributed by atoms with E-state index >= 15 is 0 Å². The predicted molar refractivity (Wildman–Crippen MR) is 53.3 cm³/mol. The van der Waals surface area contributed by atoms with Crippen LogP contribution in [-0.4, -0.2) is 22.1 Å². The number of ketones is 2. The quantitative estimate of drug-likeness (QED) is 0.442. The zero-order valence-electron chi connectivity index (χ0n) is 9.20. The van der Waals surface area contributed by atoms with Crippen LogP contribution in [0.1, 0.15) is 33.6 Å². The fourth-order valence-corrected chi connectivity index (χ4v) is 3.00. The van der Waals surface area contributed by atoms with E-state index in [2.05, 4.69) is 4.79 Å². The van der Waals surface area contributed by atoms with Gasteiger partial charge in [-0.1, -0.05) is 20.8 Å². The smallest absolute Gasteiger partial charge is 0.360 e. The highest BCUT2D eigenvalue weighted by Crippen LogP contribution is 2.59. The van der Waals surface area contributed by atoms with E-state index in [1.165, 1.54) is 0 Å². The number of carbonyl (C=O) groups excluding carboxylic acids is 2. The first-order chi connectivity index (χ1) is 6.86. The number of carbonyl (C=O) groups is 2. The zero-order chi connectivity index (χ0) is 11.4. The molecular formula is C11H14N2O2. The van der Waals surface area contributed by atoms with Crippen molar-refractivity contribution in [3.8, 4) is 0 Å². The van der Waals surface area contributed by atoms with Crippen molar-refractivity contribution in [2.75, 3.05) is 0 Å². The third-order valence-electron chi connectivity index (χ3n) is 4.59. The molecule has 2 fully saturated rings. The van der Waals surface area contributed by atoms with E-state index < -0.39 is 5.41 Å². The van der Waals surface area contributed by atoms with Crippen LogP contribution in [-0.2, 0) is 9.59 Å². The fourth-order valence-electron chi connectivity index (χ4n) is 3.00. The number of fused-ring (bicyclic) bond motifs is 2. The molecule has 0 aromatic rings. The van der Waals surface area contributed by atoms with Crippen molar-refractivity contribution in [2.24, 2.45) is 16.7 Å². The van der Waals surface area contributed by atoms with Gasteiger partial charge in [0.2, 0.25) is 0 Å². The summed E-state index contributed by atoms with van der Waals surface area (Å²) < 4.78 is 0. The summed E-state index contributed by atoms with van der Waals surface area (Å²) in [7, 11) is 0. The molecule has 4 nitrogen and oxygen atoms in total. The lowest BCUT2D eigenvalue weighted by molar-refractivity contribution is -0.142. The van der Waals surface area contributed by atoms with Crippen LogP contribution in [0.2, 0.25) is 0 Å². The molecule has 2 saturated carbocycles. The van der Waals surface area contributed by atoms with Gasteiger partial charge in [0.25, 0.3) is 11.6 Å². The van der Waals surface area contributed by atoms with Crippen molar-refractivity contribution in [1.29, 1.82) is 0 Å². The van der Waals surface area contributed by atoms with E-state index in [-0.39, 0.29) is 28.6 Å². The molecule has 2 rings (SSSR count). The molecule has 2 aliphatic rings. The standard InChI is InChI=1S/C11H14N2O2/c1-10(2)6-4-5-11(10,3)9(15)7(13-12)8(6)14/h6H,4-5H2,1-3H3. The largest absolute Gasteiger partial charge is 0.401 e. The van der Waals surface area contributed by atoms with Gasteiger partial charge in [-0.3, -0.25) is 9.59 Å². The first-order valence-corrected chi connectivity index (χ1v) is 5.17. The Labute approximate surface area is 88.3 Å². The van der Waals surface area contributed by atoms with Gasteiger partial charge in [-0.25, -0.2) is 0 Å². The Kier molecular flexibility index (Phi) is 1.80. The van der Waals surface area contributed by atoms with Gasteiger partial charge in [0.1, 0.15) is 0 Å². The van der Waals surface area contributed by atoms with Crippen LogP contribution in [0.25, 0.3) is 5.53 Å². The van der Waals surface area contributed by atoms with E-state index in [0.29, 0.717) is 12.8 Å². The Hall–Kier alpha value is -1.28. The van der Waals surface area contributed by atoms with Crippen molar-refractivity contribution in [2.45, 2.75) is 33.6 Å². The van der Waals surface area contributed by atoms with Crippen LogP contribution < -0.4 is 0 Å². The summed E-state index contributed by atoms with van der Waals surface area (Å²) in [5, 5.41) is 0. The lowest BCUT2D eigenvalue weighted by Crippen LogP contribution is -2.54. The van der Waals surface area contributed by atoms with E-state index in [1.807, 2.05) is 20.8 Å². The van der Waals surface area contributed by atoms with Crippen LogP contribution in [0.5, 0.6) is 0 Å².